The molecule has 1 aliphatic heterocycles. The topological polar surface area (TPSA) is 47.3 Å². The molecular formula is C21H26N2O2. The smallest absolute Gasteiger partial charge is 0.141 e. The van der Waals surface area contributed by atoms with Crippen LogP contribution in [0.3, 0.4) is 0 Å². The third-order valence-electron chi connectivity index (χ3n) is 4.38. The number of hydrogen-bond acceptors (Lipinski definition) is 4. The Morgan fingerprint density at radius 1 is 1.32 bits per heavy atom. The van der Waals surface area contributed by atoms with Crippen LogP contribution in [0.25, 0.3) is 11.3 Å². The summed E-state index contributed by atoms with van der Waals surface area (Å²) in [5.74, 6) is 1.71. The molecule has 2 aromatic rings. The van der Waals surface area contributed by atoms with Gasteiger partial charge in [-0.2, -0.15) is 0 Å². The minimum atomic E-state index is 0.809. The summed E-state index contributed by atoms with van der Waals surface area (Å²) < 4.78 is 11.1. The van der Waals surface area contributed by atoms with E-state index in [4.69, 9.17) is 9.26 Å². The number of nitrogens with one attached hydrogen (secondary N) is 1. The van der Waals surface area contributed by atoms with Crippen LogP contribution in [0, 0.1) is 0 Å². The first-order valence-corrected chi connectivity index (χ1v) is 8.81. The highest BCUT2D eigenvalue weighted by Crippen LogP contribution is 2.31. The highest BCUT2D eigenvalue weighted by atomic mass is 16.5. The third kappa shape index (κ3) is 4.60. The van der Waals surface area contributed by atoms with Crippen LogP contribution in [0.15, 0.2) is 52.6 Å². The molecule has 3 rings (SSSR count). The Labute approximate surface area is 149 Å². The van der Waals surface area contributed by atoms with Crippen LogP contribution in [0.2, 0.25) is 0 Å². The Morgan fingerprint density at radius 3 is 3.00 bits per heavy atom. The van der Waals surface area contributed by atoms with Gasteiger partial charge in [0.1, 0.15) is 17.2 Å². The van der Waals surface area contributed by atoms with Crippen molar-refractivity contribution in [3.8, 4) is 17.0 Å². The molecule has 0 saturated heterocycles. The van der Waals surface area contributed by atoms with Crippen LogP contribution in [-0.2, 0) is 12.8 Å². The van der Waals surface area contributed by atoms with Crippen molar-refractivity contribution in [2.75, 3.05) is 20.2 Å². The van der Waals surface area contributed by atoms with Crippen molar-refractivity contribution in [3.05, 3.63) is 59.4 Å². The fraction of sp³-hybridized carbons (Fsp3) is 0.381. The Kier molecular flexibility index (Phi) is 5.71. The van der Waals surface area contributed by atoms with Crippen molar-refractivity contribution < 1.29 is 9.26 Å². The number of aromatic nitrogens is 1. The molecule has 1 N–H and O–H groups in total. The molecule has 1 aromatic heterocycles. The average molecular weight is 338 g/mol. The van der Waals surface area contributed by atoms with Gasteiger partial charge in [0.15, 0.2) is 0 Å². The number of hydrogen-bond donors (Lipinski definition) is 1. The molecule has 0 saturated carbocycles. The third-order valence-corrected chi connectivity index (χ3v) is 4.38. The number of methoxy groups -OCH3 is 1. The summed E-state index contributed by atoms with van der Waals surface area (Å²) in [6.45, 7) is 8.12. The Balaban J connectivity index is 1.83. The monoisotopic (exact) mass is 338 g/mol. The second-order valence-electron chi connectivity index (χ2n) is 6.67. The van der Waals surface area contributed by atoms with Crippen LogP contribution in [-0.4, -0.2) is 25.4 Å². The van der Waals surface area contributed by atoms with Crippen molar-refractivity contribution in [1.29, 1.82) is 0 Å². The standard InChI is InChI=1S/C21H26N2O2/c1-15(2)11-17-6-7-21(24-3)19(13-17)20-14-18(25-23-20)12-16-5-4-9-22-10-8-16/h5-7,13-14,22H,1,4,8-12H2,2-3H3. The Hall–Kier alpha value is -2.33. The van der Waals surface area contributed by atoms with E-state index >= 15 is 0 Å². The van der Waals surface area contributed by atoms with Gasteiger partial charge in [0, 0.05) is 18.1 Å². The molecule has 0 fully saturated rings. The zero-order valence-electron chi connectivity index (χ0n) is 15.1. The Morgan fingerprint density at radius 2 is 2.20 bits per heavy atom. The van der Waals surface area contributed by atoms with Gasteiger partial charge in [-0.05, 0) is 57.0 Å². The lowest BCUT2D eigenvalue weighted by molar-refractivity contribution is 0.388. The van der Waals surface area contributed by atoms with Crippen molar-refractivity contribution in [3.63, 3.8) is 0 Å². The number of ether oxygens (including phenoxy) is 1. The maximum absolute atomic E-state index is 5.60. The molecule has 0 spiro atoms. The highest BCUT2D eigenvalue weighted by Gasteiger charge is 2.14. The highest BCUT2D eigenvalue weighted by molar-refractivity contribution is 5.68. The van der Waals surface area contributed by atoms with Crippen LogP contribution >= 0.6 is 0 Å². The zero-order chi connectivity index (χ0) is 17.6. The first kappa shape index (κ1) is 17.5. The molecule has 1 aromatic carbocycles. The maximum Gasteiger partial charge on any atom is 0.141 e. The molecule has 1 aliphatic rings. The van der Waals surface area contributed by atoms with E-state index in [0.717, 1.165) is 67.1 Å². The molecular weight excluding hydrogens is 312 g/mol. The van der Waals surface area contributed by atoms with Gasteiger partial charge in [-0.25, -0.2) is 0 Å². The summed E-state index contributed by atoms with van der Waals surface area (Å²) >= 11 is 0. The minimum Gasteiger partial charge on any atom is -0.496 e. The summed E-state index contributed by atoms with van der Waals surface area (Å²) in [5, 5.41) is 7.69. The van der Waals surface area contributed by atoms with E-state index in [1.165, 1.54) is 11.1 Å². The number of allylic oxidation sites excluding steroid dienone is 1. The average Bonchev–Trinajstić information content (AvgIpc) is 2.90. The van der Waals surface area contributed by atoms with Gasteiger partial charge in [-0.1, -0.05) is 35.0 Å². The van der Waals surface area contributed by atoms with Crippen LogP contribution < -0.4 is 10.1 Å². The van der Waals surface area contributed by atoms with Crippen LogP contribution in [0.4, 0.5) is 0 Å². The second kappa shape index (κ2) is 8.17. The molecule has 25 heavy (non-hydrogen) atoms. The lowest BCUT2D eigenvalue weighted by Gasteiger charge is -2.08. The summed E-state index contributed by atoms with van der Waals surface area (Å²) in [4.78, 5) is 0. The van der Waals surface area contributed by atoms with E-state index in [0.29, 0.717) is 0 Å². The first-order chi connectivity index (χ1) is 12.2. The number of rotatable bonds is 6. The van der Waals surface area contributed by atoms with Gasteiger partial charge < -0.3 is 14.6 Å². The Bertz CT molecular complexity index is 774. The number of benzene rings is 1. The summed E-state index contributed by atoms with van der Waals surface area (Å²) in [6.07, 6.45) is 6.13. The van der Waals surface area contributed by atoms with E-state index in [-0.39, 0.29) is 0 Å². The normalized spacial score (nSPS) is 14.7. The molecule has 0 amide bonds. The number of nitrogens with zero attached hydrogens (tertiary/aromatic N) is 1. The van der Waals surface area contributed by atoms with E-state index in [1.54, 1.807) is 7.11 Å². The van der Waals surface area contributed by atoms with Gasteiger partial charge in [0.25, 0.3) is 0 Å². The van der Waals surface area contributed by atoms with Gasteiger partial charge in [-0.15, -0.1) is 0 Å². The van der Waals surface area contributed by atoms with Crippen LogP contribution in [0.1, 0.15) is 31.1 Å². The van der Waals surface area contributed by atoms with Gasteiger partial charge in [0.2, 0.25) is 0 Å². The van der Waals surface area contributed by atoms with Gasteiger partial charge in [0.05, 0.1) is 7.11 Å². The molecule has 0 atom stereocenters. The summed E-state index contributed by atoms with van der Waals surface area (Å²) in [5.41, 5.74) is 5.53. The summed E-state index contributed by atoms with van der Waals surface area (Å²) in [6, 6.07) is 8.20. The van der Waals surface area contributed by atoms with E-state index < -0.39 is 0 Å². The molecule has 0 aliphatic carbocycles. The predicted octanol–water partition coefficient (Wildman–Crippen LogP) is 4.32. The minimum absolute atomic E-state index is 0.809. The SMILES string of the molecule is C=C(C)Cc1ccc(OC)c(-c2cc(CC3=CCCNCC3)on2)c1. The zero-order valence-corrected chi connectivity index (χ0v) is 15.1. The lowest BCUT2D eigenvalue weighted by atomic mass is 10.0. The quantitative estimate of drug-likeness (QED) is 0.797. The van der Waals surface area contributed by atoms with Crippen molar-refractivity contribution >= 4 is 0 Å². The van der Waals surface area contributed by atoms with Crippen molar-refractivity contribution in [2.45, 2.75) is 32.6 Å². The fourth-order valence-electron chi connectivity index (χ4n) is 3.18. The van der Waals surface area contributed by atoms with Crippen molar-refractivity contribution in [1.82, 2.24) is 10.5 Å². The molecule has 2 heterocycles. The molecule has 4 heteroatoms. The van der Waals surface area contributed by atoms with Gasteiger partial charge >= 0.3 is 0 Å². The second-order valence-corrected chi connectivity index (χ2v) is 6.67. The lowest BCUT2D eigenvalue weighted by Crippen LogP contribution is -2.14. The van der Waals surface area contributed by atoms with E-state index in [1.807, 2.05) is 19.1 Å². The first-order valence-electron chi connectivity index (χ1n) is 8.81. The molecule has 4 nitrogen and oxygen atoms in total. The predicted molar refractivity (Wildman–Crippen MR) is 101 cm³/mol. The summed E-state index contributed by atoms with van der Waals surface area (Å²) in [7, 11) is 1.68. The maximum atomic E-state index is 5.60. The van der Waals surface area contributed by atoms with Crippen molar-refractivity contribution in [2.24, 2.45) is 0 Å². The molecule has 0 unspecified atom stereocenters. The largest absolute Gasteiger partial charge is 0.496 e. The fourth-order valence-corrected chi connectivity index (χ4v) is 3.18. The molecule has 132 valence electrons. The molecule has 0 bridgehead atoms. The van der Waals surface area contributed by atoms with E-state index in [2.05, 4.69) is 35.3 Å². The molecule has 0 radical (unpaired) electrons. The van der Waals surface area contributed by atoms with Crippen LogP contribution in [0.5, 0.6) is 5.75 Å². The van der Waals surface area contributed by atoms with Gasteiger partial charge in [-0.3, -0.25) is 0 Å². The van der Waals surface area contributed by atoms with E-state index in [9.17, 15) is 0 Å².